The second-order valence-corrected chi connectivity index (χ2v) is 4.10. The first-order chi connectivity index (χ1) is 8.05. The average Bonchev–Trinajstić information content (AvgIpc) is 2.24. The maximum absolute atomic E-state index is 11.7. The minimum Gasteiger partial charge on any atom is -0.337 e. The summed E-state index contributed by atoms with van der Waals surface area (Å²) in [5, 5.41) is 0.787. The molecular weight excluding hydrogens is 226 g/mol. The van der Waals surface area contributed by atoms with Gasteiger partial charge in [0.15, 0.2) is 0 Å². The number of rotatable bonds is 5. The quantitative estimate of drug-likeness (QED) is 0.391. The number of hydroxylamine groups is 2. The Morgan fingerprint density at radius 2 is 2.00 bits per heavy atom. The SMILES string of the molecule is CN(OC(=O)C1(C=O)CCC1)C(=O)CCC=O. The van der Waals surface area contributed by atoms with Crippen molar-refractivity contribution in [1.82, 2.24) is 5.06 Å². The highest BCUT2D eigenvalue weighted by molar-refractivity contribution is 5.94. The Morgan fingerprint density at radius 1 is 1.35 bits per heavy atom. The number of aldehydes is 2. The third-order valence-electron chi connectivity index (χ3n) is 2.93. The van der Waals surface area contributed by atoms with Crippen LogP contribution in [-0.4, -0.2) is 36.6 Å². The summed E-state index contributed by atoms with van der Waals surface area (Å²) in [6.45, 7) is 0. The van der Waals surface area contributed by atoms with Gasteiger partial charge in [0.1, 0.15) is 18.0 Å². The normalized spacial score (nSPS) is 16.5. The van der Waals surface area contributed by atoms with Gasteiger partial charge in [0.2, 0.25) is 0 Å². The number of nitrogens with zero attached hydrogens (tertiary/aromatic N) is 1. The molecule has 0 aromatic rings. The monoisotopic (exact) mass is 241 g/mol. The fourth-order valence-electron chi connectivity index (χ4n) is 1.53. The van der Waals surface area contributed by atoms with Crippen LogP contribution < -0.4 is 0 Å². The van der Waals surface area contributed by atoms with Gasteiger partial charge in [0.05, 0.1) is 0 Å². The molecule has 0 N–H and O–H groups in total. The maximum Gasteiger partial charge on any atom is 0.345 e. The van der Waals surface area contributed by atoms with Crippen LogP contribution in [0, 0.1) is 5.41 Å². The lowest BCUT2D eigenvalue weighted by atomic mass is 9.70. The van der Waals surface area contributed by atoms with Crippen molar-refractivity contribution in [1.29, 1.82) is 0 Å². The molecule has 1 amide bonds. The topological polar surface area (TPSA) is 80.8 Å². The van der Waals surface area contributed by atoms with E-state index in [4.69, 9.17) is 4.84 Å². The van der Waals surface area contributed by atoms with Gasteiger partial charge in [0, 0.05) is 19.9 Å². The molecule has 0 atom stereocenters. The number of amides is 1. The van der Waals surface area contributed by atoms with Crippen LogP contribution in [0.25, 0.3) is 0 Å². The lowest BCUT2D eigenvalue weighted by Gasteiger charge is -2.34. The van der Waals surface area contributed by atoms with Gasteiger partial charge < -0.3 is 14.4 Å². The van der Waals surface area contributed by atoms with Gasteiger partial charge in [-0.1, -0.05) is 6.42 Å². The molecule has 94 valence electrons. The molecule has 6 nitrogen and oxygen atoms in total. The molecule has 17 heavy (non-hydrogen) atoms. The van der Waals surface area contributed by atoms with Crippen molar-refractivity contribution in [2.45, 2.75) is 32.1 Å². The van der Waals surface area contributed by atoms with E-state index in [0.29, 0.717) is 25.4 Å². The molecule has 0 aromatic heterocycles. The number of hydrogen-bond donors (Lipinski definition) is 0. The highest BCUT2D eigenvalue weighted by atomic mass is 16.7. The summed E-state index contributed by atoms with van der Waals surface area (Å²) >= 11 is 0. The second kappa shape index (κ2) is 5.56. The summed E-state index contributed by atoms with van der Waals surface area (Å²) in [7, 11) is 1.29. The molecule has 0 aliphatic heterocycles. The molecule has 0 radical (unpaired) electrons. The Labute approximate surface area is 98.9 Å². The first kappa shape index (κ1) is 13.3. The minimum atomic E-state index is -1.07. The fraction of sp³-hybridized carbons (Fsp3) is 0.636. The highest BCUT2D eigenvalue weighted by Crippen LogP contribution is 2.40. The average molecular weight is 241 g/mol. The van der Waals surface area contributed by atoms with Gasteiger partial charge in [0.25, 0.3) is 5.91 Å². The molecule has 1 fully saturated rings. The summed E-state index contributed by atoms with van der Waals surface area (Å²) in [4.78, 5) is 48.7. The minimum absolute atomic E-state index is 0.0125. The van der Waals surface area contributed by atoms with Crippen molar-refractivity contribution in [2.75, 3.05) is 7.05 Å². The van der Waals surface area contributed by atoms with Crippen molar-refractivity contribution in [3.63, 3.8) is 0 Å². The van der Waals surface area contributed by atoms with E-state index >= 15 is 0 Å². The van der Waals surface area contributed by atoms with Crippen LogP contribution in [0.15, 0.2) is 0 Å². The first-order valence-corrected chi connectivity index (χ1v) is 5.44. The molecule has 0 bridgehead atoms. The summed E-state index contributed by atoms with van der Waals surface area (Å²) in [5.41, 5.74) is -1.07. The molecular formula is C11H15NO5. The lowest BCUT2D eigenvalue weighted by Crippen LogP contribution is -2.44. The molecule has 1 aliphatic carbocycles. The van der Waals surface area contributed by atoms with Crippen LogP contribution in [0.4, 0.5) is 0 Å². The predicted octanol–water partition coefficient (Wildman–Crippen LogP) is 0.251. The molecule has 0 heterocycles. The molecule has 1 saturated carbocycles. The van der Waals surface area contributed by atoms with E-state index in [0.717, 1.165) is 11.5 Å². The van der Waals surface area contributed by atoms with Crippen molar-refractivity contribution in [3.05, 3.63) is 0 Å². The molecule has 6 heteroatoms. The van der Waals surface area contributed by atoms with Crippen LogP contribution >= 0.6 is 0 Å². The van der Waals surface area contributed by atoms with E-state index in [9.17, 15) is 19.2 Å². The van der Waals surface area contributed by atoms with E-state index in [1.54, 1.807) is 0 Å². The van der Waals surface area contributed by atoms with Crippen molar-refractivity contribution in [3.8, 4) is 0 Å². The van der Waals surface area contributed by atoms with Gasteiger partial charge >= 0.3 is 5.97 Å². The van der Waals surface area contributed by atoms with Gasteiger partial charge in [-0.15, -0.1) is 0 Å². The van der Waals surface area contributed by atoms with Gasteiger partial charge in [-0.05, 0) is 12.8 Å². The molecule has 1 aliphatic rings. The third kappa shape index (κ3) is 2.89. The Hall–Kier alpha value is -1.72. The largest absolute Gasteiger partial charge is 0.345 e. The van der Waals surface area contributed by atoms with Gasteiger partial charge in [-0.25, -0.2) is 4.79 Å². The molecule has 0 spiro atoms. The zero-order valence-electron chi connectivity index (χ0n) is 9.68. The summed E-state index contributed by atoms with van der Waals surface area (Å²) in [6, 6.07) is 0. The second-order valence-electron chi connectivity index (χ2n) is 4.10. The van der Waals surface area contributed by atoms with Gasteiger partial charge in [-0.3, -0.25) is 4.79 Å². The fourth-order valence-corrected chi connectivity index (χ4v) is 1.53. The molecule has 0 saturated heterocycles. The summed E-state index contributed by atoms with van der Waals surface area (Å²) in [6.07, 6.45) is 3.00. The van der Waals surface area contributed by atoms with Crippen molar-refractivity contribution >= 4 is 24.4 Å². The lowest BCUT2D eigenvalue weighted by molar-refractivity contribution is -0.204. The van der Waals surface area contributed by atoms with E-state index in [1.165, 1.54) is 7.05 Å². The van der Waals surface area contributed by atoms with E-state index in [1.807, 2.05) is 0 Å². The van der Waals surface area contributed by atoms with Gasteiger partial charge in [-0.2, -0.15) is 5.06 Å². The number of carbonyl (C=O) groups is 4. The Bertz CT molecular complexity index is 335. The smallest absolute Gasteiger partial charge is 0.337 e. The first-order valence-electron chi connectivity index (χ1n) is 5.44. The zero-order valence-corrected chi connectivity index (χ0v) is 9.68. The summed E-state index contributed by atoms with van der Waals surface area (Å²) in [5.74, 6) is -1.16. The van der Waals surface area contributed by atoms with Crippen LogP contribution in [0.5, 0.6) is 0 Å². The third-order valence-corrected chi connectivity index (χ3v) is 2.93. The van der Waals surface area contributed by atoms with Crippen molar-refractivity contribution in [2.24, 2.45) is 5.41 Å². The van der Waals surface area contributed by atoms with E-state index < -0.39 is 17.3 Å². The van der Waals surface area contributed by atoms with Crippen LogP contribution in [0.2, 0.25) is 0 Å². The number of hydrogen-bond acceptors (Lipinski definition) is 5. The molecule has 1 rings (SSSR count). The number of carbonyl (C=O) groups excluding carboxylic acids is 4. The molecule has 0 aromatic carbocycles. The molecule has 0 unspecified atom stereocenters. The van der Waals surface area contributed by atoms with Crippen LogP contribution in [0.1, 0.15) is 32.1 Å². The van der Waals surface area contributed by atoms with E-state index in [-0.39, 0.29) is 12.8 Å². The van der Waals surface area contributed by atoms with Crippen LogP contribution in [0.3, 0.4) is 0 Å². The Balaban J connectivity index is 2.47. The summed E-state index contributed by atoms with van der Waals surface area (Å²) < 4.78 is 0. The van der Waals surface area contributed by atoms with E-state index in [2.05, 4.69) is 0 Å². The van der Waals surface area contributed by atoms with Crippen LogP contribution in [-0.2, 0) is 24.0 Å². The standard InChI is InChI=1S/C11H15NO5/c1-12(9(15)4-2-7-13)17-10(16)11(8-14)5-3-6-11/h7-8H,2-6H2,1H3. The predicted molar refractivity (Wildman–Crippen MR) is 56.5 cm³/mol. The Morgan fingerprint density at radius 3 is 2.41 bits per heavy atom. The van der Waals surface area contributed by atoms with Crippen molar-refractivity contribution < 1.29 is 24.0 Å². The highest BCUT2D eigenvalue weighted by Gasteiger charge is 2.46. The Kier molecular flexibility index (Phi) is 4.37. The zero-order chi connectivity index (χ0) is 12.9. The maximum atomic E-state index is 11.7.